The van der Waals surface area contributed by atoms with Crippen molar-refractivity contribution in [1.29, 1.82) is 0 Å². The molecule has 0 radical (unpaired) electrons. The second-order valence-corrected chi connectivity index (χ2v) is 11.9. The molecular weight excluding hydrogens is 557 g/mol. The standard InChI is InChI=1S/C29H33Cl2N3O4S/c1-4-16-32-29(36)26(5-2)33(19-22-11-9-10-21(3)17-22)28(35)20-34(27-15-14-23(30)18-25(27)31)39(37,38)24-12-7-6-8-13-24/h6-15,17-18,26H,4-5,16,19-20H2,1-3H3,(H,32,36). The van der Waals surface area contributed by atoms with Gasteiger partial charge in [0.1, 0.15) is 12.6 Å². The van der Waals surface area contributed by atoms with E-state index in [1.807, 2.05) is 45.0 Å². The van der Waals surface area contributed by atoms with Crippen LogP contribution in [0.15, 0.2) is 77.7 Å². The fourth-order valence-corrected chi connectivity index (χ4v) is 6.22. The van der Waals surface area contributed by atoms with E-state index in [0.29, 0.717) is 18.0 Å². The quantitative estimate of drug-likeness (QED) is 0.288. The van der Waals surface area contributed by atoms with Gasteiger partial charge in [-0.1, -0.05) is 85.1 Å². The number of rotatable bonds is 12. The summed E-state index contributed by atoms with van der Waals surface area (Å²) in [4.78, 5) is 28.6. The Balaban J connectivity index is 2.07. The lowest BCUT2D eigenvalue weighted by atomic mass is 10.1. The lowest BCUT2D eigenvalue weighted by molar-refractivity contribution is -0.140. The molecule has 1 unspecified atom stereocenters. The molecule has 0 aromatic heterocycles. The SMILES string of the molecule is CCCNC(=O)C(CC)N(Cc1cccc(C)c1)C(=O)CN(c1ccc(Cl)cc1Cl)S(=O)(=O)c1ccccc1. The smallest absolute Gasteiger partial charge is 0.264 e. The molecule has 2 amide bonds. The normalized spacial score (nSPS) is 12.0. The second kappa shape index (κ2) is 13.8. The molecule has 0 aliphatic carbocycles. The number of amides is 2. The number of halogens is 2. The molecule has 3 aromatic rings. The van der Waals surface area contributed by atoms with Crippen LogP contribution in [0.2, 0.25) is 10.0 Å². The monoisotopic (exact) mass is 589 g/mol. The van der Waals surface area contributed by atoms with Gasteiger partial charge in [-0.15, -0.1) is 0 Å². The third-order valence-corrected chi connectivity index (χ3v) is 8.47. The first kappa shape index (κ1) is 30.5. The summed E-state index contributed by atoms with van der Waals surface area (Å²) >= 11 is 12.5. The topological polar surface area (TPSA) is 86.8 Å². The van der Waals surface area contributed by atoms with Gasteiger partial charge in [-0.05, 0) is 55.7 Å². The molecule has 10 heteroatoms. The minimum atomic E-state index is -4.21. The van der Waals surface area contributed by atoms with Crippen LogP contribution in [-0.2, 0) is 26.2 Å². The van der Waals surface area contributed by atoms with Crippen molar-refractivity contribution in [2.45, 2.75) is 51.1 Å². The number of hydrogen-bond donors (Lipinski definition) is 1. The van der Waals surface area contributed by atoms with E-state index in [1.165, 1.54) is 35.2 Å². The predicted octanol–water partition coefficient (Wildman–Crippen LogP) is 5.83. The molecule has 1 atom stereocenters. The molecule has 0 aliphatic rings. The zero-order chi connectivity index (χ0) is 28.6. The number of carbonyl (C=O) groups is 2. The molecule has 208 valence electrons. The lowest BCUT2D eigenvalue weighted by Gasteiger charge is -2.33. The Morgan fingerprint density at radius 2 is 1.67 bits per heavy atom. The number of carbonyl (C=O) groups excluding carboxylic acids is 2. The summed E-state index contributed by atoms with van der Waals surface area (Å²) in [5.74, 6) is -0.831. The average molecular weight is 591 g/mol. The van der Waals surface area contributed by atoms with Crippen molar-refractivity contribution in [3.05, 3.63) is 94.0 Å². The van der Waals surface area contributed by atoms with Crippen molar-refractivity contribution in [1.82, 2.24) is 10.2 Å². The summed E-state index contributed by atoms with van der Waals surface area (Å²) < 4.78 is 28.6. The van der Waals surface area contributed by atoms with Crippen LogP contribution in [-0.4, -0.2) is 44.3 Å². The Morgan fingerprint density at radius 1 is 0.949 bits per heavy atom. The highest BCUT2D eigenvalue weighted by molar-refractivity contribution is 7.92. The van der Waals surface area contributed by atoms with Crippen molar-refractivity contribution in [2.75, 3.05) is 17.4 Å². The molecule has 0 heterocycles. The maximum absolute atomic E-state index is 14.0. The number of hydrogen-bond acceptors (Lipinski definition) is 4. The van der Waals surface area contributed by atoms with E-state index in [9.17, 15) is 18.0 Å². The first-order valence-electron chi connectivity index (χ1n) is 12.7. The summed E-state index contributed by atoms with van der Waals surface area (Å²) in [6.07, 6.45) is 1.09. The zero-order valence-corrected chi connectivity index (χ0v) is 24.6. The van der Waals surface area contributed by atoms with E-state index >= 15 is 0 Å². The summed E-state index contributed by atoms with van der Waals surface area (Å²) in [7, 11) is -4.21. The van der Waals surface area contributed by atoms with Crippen LogP contribution in [0.1, 0.15) is 37.8 Å². The zero-order valence-electron chi connectivity index (χ0n) is 22.2. The van der Waals surface area contributed by atoms with Gasteiger partial charge in [0, 0.05) is 18.1 Å². The first-order valence-corrected chi connectivity index (χ1v) is 14.9. The molecule has 39 heavy (non-hydrogen) atoms. The van der Waals surface area contributed by atoms with Crippen molar-refractivity contribution in [3.8, 4) is 0 Å². The fraction of sp³-hybridized carbons (Fsp3) is 0.310. The van der Waals surface area contributed by atoms with E-state index in [1.54, 1.807) is 18.2 Å². The number of benzene rings is 3. The lowest BCUT2D eigenvalue weighted by Crippen LogP contribution is -2.52. The Labute approximate surface area is 240 Å². The Hall–Kier alpha value is -3.07. The second-order valence-electron chi connectivity index (χ2n) is 9.15. The van der Waals surface area contributed by atoms with Crippen molar-refractivity contribution >= 4 is 50.7 Å². The van der Waals surface area contributed by atoms with E-state index in [0.717, 1.165) is 21.9 Å². The predicted molar refractivity (Wildman–Crippen MR) is 157 cm³/mol. The summed E-state index contributed by atoms with van der Waals surface area (Å²) in [5.41, 5.74) is 1.94. The van der Waals surface area contributed by atoms with Gasteiger partial charge in [0.05, 0.1) is 15.6 Å². The number of aryl methyl sites for hydroxylation is 1. The molecule has 0 spiro atoms. The molecule has 3 rings (SSSR count). The van der Waals surface area contributed by atoms with Gasteiger partial charge in [-0.2, -0.15) is 0 Å². The van der Waals surface area contributed by atoms with E-state index in [2.05, 4.69) is 5.32 Å². The van der Waals surface area contributed by atoms with Crippen molar-refractivity contribution in [2.24, 2.45) is 0 Å². The van der Waals surface area contributed by atoms with Crippen LogP contribution >= 0.6 is 23.2 Å². The maximum atomic E-state index is 14.0. The van der Waals surface area contributed by atoms with Crippen LogP contribution in [0.3, 0.4) is 0 Å². The number of nitrogens with one attached hydrogen (secondary N) is 1. The molecule has 0 saturated heterocycles. The van der Waals surface area contributed by atoms with Crippen LogP contribution in [0.5, 0.6) is 0 Å². The number of anilines is 1. The largest absolute Gasteiger partial charge is 0.354 e. The van der Waals surface area contributed by atoms with Crippen LogP contribution < -0.4 is 9.62 Å². The molecular formula is C29H33Cl2N3O4S. The minimum absolute atomic E-state index is 0.00165. The highest BCUT2D eigenvalue weighted by Gasteiger charge is 2.34. The fourth-order valence-electron chi connectivity index (χ4n) is 4.21. The molecule has 0 aliphatic heterocycles. The van der Waals surface area contributed by atoms with E-state index in [-0.39, 0.29) is 28.1 Å². The highest BCUT2D eigenvalue weighted by atomic mass is 35.5. The third kappa shape index (κ3) is 7.75. The Bertz CT molecular complexity index is 1400. The third-order valence-electron chi connectivity index (χ3n) is 6.16. The Morgan fingerprint density at radius 3 is 2.28 bits per heavy atom. The molecule has 0 saturated carbocycles. The first-order chi connectivity index (χ1) is 18.6. The highest BCUT2D eigenvalue weighted by Crippen LogP contribution is 2.33. The Kier molecular flexibility index (Phi) is 10.8. The van der Waals surface area contributed by atoms with Gasteiger partial charge in [0.25, 0.3) is 10.0 Å². The summed E-state index contributed by atoms with van der Waals surface area (Å²) in [6, 6.07) is 19.0. The molecule has 0 fully saturated rings. The van der Waals surface area contributed by atoms with Gasteiger partial charge in [0.15, 0.2) is 0 Å². The van der Waals surface area contributed by atoms with E-state index < -0.39 is 28.5 Å². The molecule has 1 N–H and O–H groups in total. The number of sulfonamides is 1. The average Bonchev–Trinajstić information content (AvgIpc) is 2.91. The van der Waals surface area contributed by atoms with Gasteiger partial charge in [-0.3, -0.25) is 13.9 Å². The number of nitrogens with zero attached hydrogens (tertiary/aromatic N) is 2. The summed E-state index contributed by atoms with van der Waals surface area (Å²) in [5, 5.41) is 3.27. The van der Waals surface area contributed by atoms with Crippen LogP contribution in [0, 0.1) is 6.92 Å². The molecule has 3 aromatic carbocycles. The minimum Gasteiger partial charge on any atom is -0.354 e. The maximum Gasteiger partial charge on any atom is 0.264 e. The van der Waals surface area contributed by atoms with Crippen molar-refractivity contribution < 1.29 is 18.0 Å². The van der Waals surface area contributed by atoms with Gasteiger partial charge >= 0.3 is 0 Å². The van der Waals surface area contributed by atoms with Gasteiger partial charge < -0.3 is 10.2 Å². The molecule has 7 nitrogen and oxygen atoms in total. The van der Waals surface area contributed by atoms with Crippen LogP contribution in [0.4, 0.5) is 5.69 Å². The van der Waals surface area contributed by atoms with Gasteiger partial charge in [-0.25, -0.2) is 8.42 Å². The van der Waals surface area contributed by atoms with Gasteiger partial charge in [0.2, 0.25) is 11.8 Å². The summed E-state index contributed by atoms with van der Waals surface area (Å²) in [6.45, 7) is 5.74. The van der Waals surface area contributed by atoms with E-state index in [4.69, 9.17) is 23.2 Å². The van der Waals surface area contributed by atoms with Crippen LogP contribution in [0.25, 0.3) is 0 Å². The molecule has 0 bridgehead atoms. The van der Waals surface area contributed by atoms with Crippen molar-refractivity contribution in [3.63, 3.8) is 0 Å².